The van der Waals surface area contributed by atoms with Crippen LogP contribution in [0.2, 0.25) is 5.02 Å². The quantitative estimate of drug-likeness (QED) is 0.785. The fraction of sp³-hybridized carbons (Fsp3) is 0.600. The van der Waals surface area contributed by atoms with Crippen LogP contribution in [0.25, 0.3) is 0 Å². The maximum absolute atomic E-state index is 6.04. The van der Waals surface area contributed by atoms with Gasteiger partial charge in [-0.05, 0) is 12.3 Å². The molecule has 1 saturated heterocycles. The highest BCUT2D eigenvalue weighted by Crippen LogP contribution is 2.25. The van der Waals surface area contributed by atoms with Gasteiger partial charge < -0.3 is 10.6 Å². The molecule has 0 bridgehead atoms. The van der Waals surface area contributed by atoms with Gasteiger partial charge in [-0.25, -0.2) is 9.97 Å². The van der Waals surface area contributed by atoms with E-state index in [0.717, 1.165) is 25.3 Å². The van der Waals surface area contributed by atoms with Gasteiger partial charge in [-0.1, -0.05) is 18.5 Å². The second-order valence-electron chi connectivity index (χ2n) is 4.07. The molecule has 1 aromatic rings. The first-order chi connectivity index (χ1) is 7.18. The molecule has 2 rings (SSSR count). The van der Waals surface area contributed by atoms with E-state index in [4.69, 9.17) is 17.3 Å². The Morgan fingerprint density at radius 1 is 1.60 bits per heavy atom. The second-order valence-corrected chi connectivity index (χ2v) is 4.48. The van der Waals surface area contributed by atoms with E-state index in [0.29, 0.717) is 17.0 Å². The molecule has 0 saturated carbocycles. The average Bonchev–Trinajstić information content (AvgIpc) is 2.23. The van der Waals surface area contributed by atoms with Crippen molar-refractivity contribution in [1.82, 2.24) is 9.97 Å². The van der Waals surface area contributed by atoms with Gasteiger partial charge in [-0.3, -0.25) is 0 Å². The van der Waals surface area contributed by atoms with Crippen molar-refractivity contribution in [2.24, 2.45) is 11.7 Å². The van der Waals surface area contributed by atoms with E-state index in [1.807, 2.05) is 0 Å². The van der Waals surface area contributed by atoms with Gasteiger partial charge in [-0.15, -0.1) is 0 Å². The molecule has 0 radical (unpaired) electrons. The summed E-state index contributed by atoms with van der Waals surface area (Å²) in [6, 6.07) is 0.293. The third-order valence-corrected chi connectivity index (χ3v) is 3.19. The molecule has 1 fully saturated rings. The monoisotopic (exact) mass is 226 g/mol. The van der Waals surface area contributed by atoms with Gasteiger partial charge in [0.2, 0.25) is 0 Å². The Morgan fingerprint density at radius 3 is 3.07 bits per heavy atom. The molecule has 4 nitrogen and oxygen atoms in total. The first-order valence-corrected chi connectivity index (χ1v) is 5.52. The van der Waals surface area contributed by atoms with Crippen molar-refractivity contribution in [1.29, 1.82) is 0 Å². The summed E-state index contributed by atoms with van der Waals surface area (Å²) in [6.07, 6.45) is 4.14. The molecule has 0 aromatic carbocycles. The van der Waals surface area contributed by atoms with Crippen molar-refractivity contribution in [2.45, 2.75) is 19.4 Å². The summed E-state index contributed by atoms with van der Waals surface area (Å²) >= 11 is 6.04. The molecule has 2 N–H and O–H groups in total. The minimum atomic E-state index is 0.293. The molecular formula is C10H15ClN4. The Labute approximate surface area is 94.5 Å². The lowest BCUT2D eigenvalue weighted by atomic mass is 9.95. The van der Waals surface area contributed by atoms with Crippen LogP contribution in [0.15, 0.2) is 12.5 Å². The van der Waals surface area contributed by atoms with Crippen molar-refractivity contribution < 1.29 is 0 Å². The highest BCUT2D eigenvalue weighted by Gasteiger charge is 2.24. The Morgan fingerprint density at radius 2 is 2.40 bits per heavy atom. The summed E-state index contributed by atoms with van der Waals surface area (Å²) in [7, 11) is 0. The number of nitrogens with zero attached hydrogens (tertiary/aromatic N) is 3. The van der Waals surface area contributed by atoms with Crippen molar-refractivity contribution in [3.63, 3.8) is 0 Å². The van der Waals surface area contributed by atoms with E-state index in [9.17, 15) is 0 Å². The highest BCUT2D eigenvalue weighted by atomic mass is 35.5. The predicted octanol–water partition coefficient (Wildman–Crippen LogP) is 1.30. The predicted molar refractivity (Wildman–Crippen MR) is 61.0 cm³/mol. The Balaban J connectivity index is 2.15. The van der Waals surface area contributed by atoms with Crippen LogP contribution >= 0.6 is 11.6 Å². The molecule has 0 spiro atoms. The lowest BCUT2D eigenvalue weighted by Gasteiger charge is -2.36. The number of rotatable bonds is 1. The molecule has 2 atom stereocenters. The van der Waals surface area contributed by atoms with Crippen LogP contribution in [0.4, 0.5) is 5.82 Å². The van der Waals surface area contributed by atoms with E-state index in [1.54, 1.807) is 6.20 Å². The van der Waals surface area contributed by atoms with Crippen LogP contribution in [-0.4, -0.2) is 29.1 Å². The van der Waals surface area contributed by atoms with Gasteiger partial charge in [0.15, 0.2) is 5.82 Å². The third-order valence-electron chi connectivity index (χ3n) is 2.92. The van der Waals surface area contributed by atoms with Crippen molar-refractivity contribution in [3.8, 4) is 0 Å². The summed E-state index contributed by atoms with van der Waals surface area (Å²) in [6.45, 7) is 3.99. The zero-order valence-electron chi connectivity index (χ0n) is 8.73. The number of halogens is 1. The molecule has 15 heavy (non-hydrogen) atoms. The van der Waals surface area contributed by atoms with Gasteiger partial charge in [-0.2, -0.15) is 0 Å². The average molecular weight is 227 g/mol. The topological polar surface area (TPSA) is 55.0 Å². The fourth-order valence-electron chi connectivity index (χ4n) is 1.89. The molecule has 0 amide bonds. The zero-order valence-corrected chi connectivity index (χ0v) is 9.48. The summed E-state index contributed by atoms with van der Waals surface area (Å²) in [4.78, 5) is 10.3. The van der Waals surface area contributed by atoms with Crippen molar-refractivity contribution in [3.05, 3.63) is 17.5 Å². The van der Waals surface area contributed by atoms with Gasteiger partial charge in [0, 0.05) is 19.1 Å². The minimum Gasteiger partial charge on any atom is -0.355 e. The molecule has 1 aliphatic rings. The van der Waals surface area contributed by atoms with Crippen LogP contribution < -0.4 is 10.6 Å². The molecule has 1 aromatic heterocycles. The molecule has 0 aliphatic carbocycles. The van der Waals surface area contributed by atoms with E-state index >= 15 is 0 Å². The van der Waals surface area contributed by atoms with Crippen LogP contribution in [0.1, 0.15) is 13.3 Å². The molecule has 2 heterocycles. The molecule has 5 heteroatoms. The fourth-order valence-corrected chi connectivity index (χ4v) is 2.12. The van der Waals surface area contributed by atoms with Gasteiger partial charge in [0.05, 0.1) is 6.20 Å². The number of hydrogen-bond acceptors (Lipinski definition) is 4. The largest absolute Gasteiger partial charge is 0.355 e. The smallest absolute Gasteiger partial charge is 0.150 e. The molecular weight excluding hydrogens is 212 g/mol. The normalized spacial score (nSPS) is 26.7. The lowest BCUT2D eigenvalue weighted by Crippen LogP contribution is -2.46. The molecule has 2 unspecified atom stereocenters. The Kier molecular flexibility index (Phi) is 3.07. The summed E-state index contributed by atoms with van der Waals surface area (Å²) in [5, 5.41) is 0.611. The molecule has 82 valence electrons. The summed E-state index contributed by atoms with van der Waals surface area (Å²) in [5.74, 6) is 1.30. The van der Waals surface area contributed by atoms with Crippen LogP contribution in [0.5, 0.6) is 0 Å². The lowest BCUT2D eigenvalue weighted by molar-refractivity contribution is 0.381. The number of aromatic nitrogens is 2. The maximum Gasteiger partial charge on any atom is 0.150 e. The minimum absolute atomic E-state index is 0.293. The Hall–Kier alpha value is -0.870. The highest BCUT2D eigenvalue weighted by molar-refractivity contribution is 6.32. The number of hydrogen-bond donors (Lipinski definition) is 1. The van der Waals surface area contributed by atoms with Crippen molar-refractivity contribution in [2.75, 3.05) is 18.0 Å². The second kappa shape index (κ2) is 4.33. The zero-order chi connectivity index (χ0) is 10.8. The van der Waals surface area contributed by atoms with E-state index < -0.39 is 0 Å². The number of nitrogens with two attached hydrogens (primary N) is 1. The van der Waals surface area contributed by atoms with Crippen molar-refractivity contribution >= 4 is 17.4 Å². The van der Waals surface area contributed by atoms with E-state index in [1.165, 1.54) is 6.33 Å². The van der Waals surface area contributed by atoms with E-state index in [-0.39, 0.29) is 0 Å². The SMILES string of the molecule is CC1CN(c2ncncc2Cl)CCC1N. The number of piperidine rings is 1. The van der Waals surface area contributed by atoms with Crippen LogP contribution in [-0.2, 0) is 0 Å². The third kappa shape index (κ3) is 2.21. The van der Waals surface area contributed by atoms with Crippen LogP contribution in [0, 0.1) is 5.92 Å². The summed E-state index contributed by atoms with van der Waals surface area (Å²) < 4.78 is 0. The first kappa shape index (κ1) is 10.6. The van der Waals surface area contributed by atoms with E-state index in [2.05, 4.69) is 21.8 Å². The standard InChI is InChI=1S/C10H15ClN4/c1-7-5-15(3-2-9(7)12)10-8(11)4-13-6-14-10/h4,6-7,9H,2-3,5,12H2,1H3. The first-order valence-electron chi connectivity index (χ1n) is 5.14. The molecule has 1 aliphatic heterocycles. The van der Waals surface area contributed by atoms with Gasteiger partial charge in [0.1, 0.15) is 11.3 Å². The number of anilines is 1. The van der Waals surface area contributed by atoms with Gasteiger partial charge in [0.25, 0.3) is 0 Å². The van der Waals surface area contributed by atoms with Gasteiger partial charge >= 0.3 is 0 Å². The summed E-state index contributed by atoms with van der Waals surface area (Å²) in [5.41, 5.74) is 5.96. The Bertz CT molecular complexity index is 344. The van der Waals surface area contributed by atoms with Crippen LogP contribution in [0.3, 0.4) is 0 Å². The maximum atomic E-state index is 6.04.